The van der Waals surface area contributed by atoms with Gasteiger partial charge in [0.25, 0.3) is 0 Å². The van der Waals surface area contributed by atoms with Gasteiger partial charge in [0.2, 0.25) is 5.95 Å². The zero-order valence-electron chi connectivity index (χ0n) is 21.1. The molecule has 1 saturated heterocycles. The molecule has 3 aromatic carbocycles. The Morgan fingerprint density at radius 3 is 2.43 bits per heavy atom. The summed E-state index contributed by atoms with van der Waals surface area (Å²) in [6.07, 6.45) is 3.07. The Labute approximate surface area is 217 Å². The average Bonchev–Trinajstić information content (AvgIpc) is 3.29. The van der Waals surface area contributed by atoms with Crippen LogP contribution in [0.1, 0.15) is 39.9 Å². The number of carbonyl (C=O) groups is 1. The van der Waals surface area contributed by atoms with E-state index in [4.69, 9.17) is 15.0 Å². The van der Waals surface area contributed by atoms with Crippen LogP contribution in [0.5, 0.6) is 0 Å². The fraction of sp³-hybridized carbons (Fsp3) is 0.300. The van der Waals surface area contributed by atoms with Crippen LogP contribution in [0.25, 0.3) is 11.0 Å². The molecule has 0 unspecified atom stereocenters. The van der Waals surface area contributed by atoms with Crippen LogP contribution in [0.15, 0.2) is 72.8 Å². The summed E-state index contributed by atoms with van der Waals surface area (Å²) in [5.41, 5.74) is 5.70. The van der Waals surface area contributed by atoms with E-state index in [1.54, 1.807) is 0 Å². The third kappa shape index (κ3) is 5.82. The van der Waals surface area contributed by atoms with Crippen molar-refractivity contribution >= 4 is 23.0 Å². The molecule has 1 aromatic heterocycles. The van der Waals surface area contributed by atoms with E-state index in [0.717, 1.165) is 61.4 Å². The summed E-state index contributed by atoms with van der Waals surface area (Å²) in [6.45, 7) is 3.77. The number of carbonyl (C=O) groups excluding carboxylic acids is 1. The van der Waals surface area contributed by atoms with Gasteiger partial charge in [-0.25, -0.2) is 9.78 Å². The van der Waals surface area contributed by atoms with Gasteiger partial charge in [-0.3, -0.25) is 0 Å². The number of ether oxygens (including phenoxy) is 1. The van der Waals surface area contributed by atoms with Gasteiger partial charge in [0.15, 0.2) is 0 Å². The highest BCUT2D eigenvalue weighted by Crippen LogP contribution is 2.24. The molecule has 188 valence electrons. The number of benzene rings is 3. The van der Waals surface area contributed by atoms with Crippen molar-refractivity contribution in [3.8, 4) is 6.07 Å². The third-order valence-electron chi connectivity index (χ3n) is 7.09. The molecule has 0 amide bonds. The van der Waals surface area contributed by atoms with Crippen molar-refractivity contribution in [3.05, 3.63) is 95.1 Å². The Morgan fingerprint density at radius 2 is 1.73 bits per heavy atom. The van der Waals surface area contributed by atoms with E-state index in [2.05, 4.69) is 33.0 Å². The Hall–Kier alpha value is -4.15. The number of esters is 1. The molecule has 1 N–H and O–H groups in total. The Balaban J connectivity index is 1.19. The largest absolute Gasteiger partial charge is 0.465 e. The molecule has 0 atom stereocenters. The third-order valence-corrected chi connectivity index (χ3v) is 7.09. The van der Waals surface area contributed by atoms with Gasteiger partial charge in [-0.15, -0.1) is 0 Å². The summed E-state index contributed by atoms with van der Waals surface area (Å²) < 4.78 is 7.01. The van der Waals surface area contributed by atoms with E-state index in [-0.39, 0.29) is 5.97 Å². The zero-order valence-corrected chi connectivity index (χ0v) is 21.1. The van der Waals surface area contributed by atoms with E-state index in [1.807, 2.05) is 60.7 Å². The maximum atomic E-state index is 11.6. The minimum atomic E-state index is -0.299. The monoisotopic (exact) mass is 493 g/mol. The summed E-state index contributed by atoms with van der Waals surface area (Å²) in [7, 11) is 1.40. The average molecular weight is 494 g/mol. The van der Waals surface area contributed by atoms with Crippen molar-refractivity contribution in [3.63, 3.8) is 0 Å². The van der Waals surface area contributed by atoms with Gasteiger partial charge in [-0.2, -0.15) is 5.26 Å². The Morgan fingerprint density at radius 1 is 1.03 bits per heavy atom. The number of fused-ring (bicyclic) bond motifs is 1. The highest BCUT2D eigenvalue weighted by Gasteiger charge is 2.21. The molecule has 0 saturated carbocycles. The molecule has 0 spiro atoms. The van der Waals surface area contributed by atoms with Crippen molar-refractivity contribution in [2.24, 2.45) is 0 Å². The van der Waals surface area contributed by atoms with Crippen molar-refractivity contribution in [2.75, 3.05) is 32.1 Å². The first-order valence-electron chi connectivity index (χ1n) is 12.7. The number of nitriles is 1. The maximum Gasteiger partial charge on any atom is 0.337 e. The number of rotatable bonds is 8. The fourth-order valence-electron chi connectivity index (χ4n) is 4.91. The van der Waals surface area contributed by atoms with Crippen LogP contribution in [0.3, 0.4) is 0 Å². The molecule has 37 heavy (non-hydrogen) atoms. The lowest BCUT2D eigenvalue weighted by Gasteiger charge is -2.32. The van der Waals surface area contributed by atoms with Crippen LogP contribution in [0.2, 0.25) is 0 Å². The molecule has 2 heterocycles. The lowest BCUT2D eigenvalue weighted by molar-refractivity contribution is 0.0600. The summed E-state index contributed by atoms with van der Waals surface area (Å²) in [6, 6.07) is 26.2. The van der Waals surface area contributed by atoms with Crippen LogP contribution >= 0.6 is 0 Å². The number of imidazole rings is 1. The number of anilines is 1. The first-order chi connectivity index (χ1) is 18.1. The van der Waals surface area contributed by atoms with Gasteiger partial charge in [0.1, 0.15) is 0 Å². The number of nitrogens with zero attached hydrogens (tertiary/aromatic N) is 4. The summed E-state index contributed by atoms with van der Waals surface area (Å²) in [4.78, 5) is 19.0. The predicted octanol–water partition coefficient (Wildman–Crippen LogP) is 4.86. The molecular weight excluding hydrogens is 462 g/mol. The second-order valence-corrected chi connectivity index (χ2v) is 9.52. The molecular formula is C30H31N5O2. The van der Waals surface area contributed by atoms with Crippen LogP contribution in [-0.2, 0) is 17.7 Å². The number of piperidine rings is 1. The molecule has 1 aliphatic heterocycles. The summed E-state index contributed by atoms with van der Waals surface area (Å²) >= 11 is 0. The molecule has 0 aliphatic carbocycles. The van der Waals surface area contributed by atoms with Crippen molar-refractivity contribution < 1.29 is 9.53 Å². The lowest BCUT2D eigenvalue weighted by Crippen LogP contribution is -2.40. The highest BCUT2D eigenvalue weighted by molar-refractivity contribution is 5.89. The summed E-state index contributed by atoms with van der Waals surface area (Å²) in [5.74, 6) is 0.598. The smallest absolute Gasteiger partial charge is 0.337 e. The second-order valence-electron chi connectivity index (χ2n) is 9.52. The van der Waals surface area contributed by atoms with E-state index in [9.17, 15) is 4.79 Å². The number of likely N-dealkylation sites (tertiary alicyclic amines) is 1. The summed E-state index contributed by atoms with van der Waals surface area (Å²) in [5, 5.41) is 12.8. The minimum absolute atomic E-state index is 0.299. The van der Waals surface area contributed by atoms with Gasteiger partial charge in [0, 0.05) is 25.7 Å². The van der Waals surface area contributed by atoms with Crippen molar-refractivity contribution in [1.82, 2.24) is 14.5 Å². The number of hydrogen-bond donors (Lipinski definition) is 1. The fourth-order valence-corrected chi connectivity index (χ4v) is 4.91. The van der Waals surface area contributed by atoms with Gasteiger partial charge >= 0.3 is 5.97 Å². The molecule has 7 heteroatoms. The van der Waals surface area contributed by atoms with Crippen LogP contribution in [0.4, 0.5) is 5.95 Å². The molecule has 7 nitrogen and oxygen atoms in total. The normalized spacial score (nSPS) is 14.4. The van der Waals surface area contributed by atoms with E-state index in [0.29, 0.717) is 23.7 Å². The van der Waals surface area contributed by atoms with Crippen LogP contribution in [-0.4, -0.2) is 53.2 Å². The maximum absolute atomic E-state index is 11.6. The van der Waals surface area contributed by atoms with E-state index >= 15 is 0 Å². The number of aromatic nitrogens is 2. The van der Waals surface area contributed by atoms with E-state index < -0.39 is 0 Å². The van der Waals surface area contributed by atoms with Crippen LogP contribution in [0, 0.1) is 11.3 Å². The SMILES string of the molecule is COC(=O)c1ccc(CCN2CCC(Nc3nc4ccccc4n3Cc3ccc(C#N)cc3)CC2)cc1. The van der Waals surface area contributed by atoms with Crippen molar-refractivity contribution in [2.45, 2.75) is 31.8 Å². The van der Waals surface area contributed by atoms with Gasteiger partial charge in [-0.05, 0) is 66.8 Å². The lowest BCUT2D eigenvalue weighted by atomic mass is 10.0. The molecule has 4 aromatic rings. The van der Waals surface area contributed by atoms with Crippen molar-refractivity contribution in [1.29, 1.82) is 5.26 Å². The molecule has 1 fully saturated rings. The molecule has 1 aliphatic rings. The number of hydrogen-bond acceptors (Lipinski definition) is 6. The Bertz CT molecular complexity index is 1390. The first-order valence-corrected chi connectivity index (χ1v) is 12.7. The molecule has 0 bridgehead atoms. The first kappa shape index (κ1) is 24.5. The molecule has 5 rings (SSSR count). The highest BCUT2D eigenvalue weighted by atomic mass is 16.5. The standard InChI is InChI=1S/C30H31N5O2/c1-37-29(36)25-12-10-22(11-13-25)14-17-34-18-15-26(16-19-34)32-30-33-27-4-2-3-5-28(27)35(30)21-24-8-6-23(20-31)7-9-24/h2-13,26H,14-19,21H2,1H3,(H,32,33). The quantitative estimate of drug-likeness (QED) is 0.353. The number of methoxy groups -OCH3 is 1. The molecule has 0 radical (unpaired) electrons. The van der Waals surface area contributed by atoms with Gasteiger partial charge in [-0.1, -0.05) is 36.4 Å². The minimum Gasteiger partial charge on any atom is -0.465 e. The van der Waals surface area contributed by atoms with Gasteiger partial charge < -0.3 is 19.5 Å². The zero-order chi connectivity index (χ0) is 25.6. The Kier molecular flexibility index (Phi) is 7.48. The van der Waals surface area contributed by atoms with E-state index in [1.165, 1.54) is 12.7 Å². The van der Waals surface area contributed by atoms with Gasteiger partial charge in [0.05, 0.1) is 41.9 Å². The predicted molar refractivity (Wildman–Crippen MR) is 145 cm³/mol. The second kappa shape index (κ2) is 11.3. The number of para-hydroxylation sites is 2. The number of nitrogens with one attached hydrogen (secondary N) is 1. The van der Waals surface area contributed by atoms with Crippen LogP contribution < -0.4 is 5.32 Å². The topological polar surface area (TPSA) is 83.2 Å².